The Kier molecular flexibility index (Phi) is 3.22. The zero-order chi connectivity index (χ0) is 11.0. The maximum atomic E-state index is 12.2. The van der Waals surface area contributed by atoms with Crippen molar-refractivity contribution in [2.75, 3.05) is 18.4 Å². The van der Waals surface area contributed by atoms with Gasteiger partial charge in [-0.2, -0.15) is 0 Å². The van der Waals surface area contributed by atoms with Crippen molar-refractivity contribution in [1.29, 1.82) is 0 Å². The molecule has 2 heterocycles. The van der Waals surface area contributed by atoms with Crippen LogP contribution < -0.4 is 10.6 Å². The molecule has 3 nitrogen and oxygen atoms in total. The van der Waals surface area contributed by atoms with Gasteiger partial charge in [0.15, 0.2) is 0 Å². The van der Waals surface area contributed by atoms with Crippen molar-refractivity contribution in [3.63, 3.8) is 0 Å². The van der Waals surface area contributed by atoms with Crippen molar-refractivity contribution in [1.82, 2.24) is 5.32 Å². The van der Waals surface area contributed by atoms with E-state index in [2.05, 4.69) is 22.8 Å². The molecule has 2 N–H and O–H groups in total. The van der Waals surface area contributed by atoms with E-state index in [0.29, 0.717) is 6.54 Å². The number of carbonyl (C=O) groups excluding carboxylic acids is 1. The Morgan fingerprint density at radius 2 is 2.00 bits per heavy atom. The van der Waals surface area contributed by atoms with E-state index in [4.69, 9.17) is 0 Å². The molecule has 0 radical (unpaired) electrons. The molecule has 17 heavy (non-hydrogen) atoms. The number of hydrogen-bond acceptors (Lipinski definition) is 2. The maximum Gasteiger partial charge on any atom is 0.236 e. The van der Waals surface area contributed by atoms with Gasteiger partial charge in [-0.15, -0.1) is 12.4 Å². The Morgan fingerprint density at radius 3 is 2.88 bits per heavy atom. The standard InChI is InChI=1S/C13H14N2O.ClH/c16-12-13(7-3-4-8-14-9-13)10-5-1-2-6-11(10)15-12;/h1-6,14H,7-9H2,(H,15,16);1H. The van der Waals surface area contributed by atoms with Gasteiger partial charge in [-0.3, -0.25) is 4.79 Å². The average molecular weight is 251 g/mol. The van der Waals surface area contributed by atoms with Gasteiger partial charge in [0.1, 0.15) is 0 Å². The quantitative estimate of drug-likeness (QED) is 0.690. The van der Waals surface area contributed by atoms with Crippen molar-refractivity contribution in [2.24, 2.45) is 0 Å². The van der Waals surface area contributed by atoms with E-state index in [1.807, 2.05) is 24.3 Å². The van der Waals surface area contributed by atoms with Crippen LogP contribution in [0.1, 0.15) is 12.0 Å². The van der Waals surface area contributed by atoms with Crippen LogP contribution in [0.4, 0.5) is 5.69 Å². The molecule has 2 aliphatic rings. The van der Waals surface area contributed by atoms with E-state index in [-0.39, 0.29) is 18.3 Å². The Balaban J connectivity index is 0.00000108. The molecule has 1 unspecified atom stereocenters. The minimum Gasteiger partial charge on any atom is -0.325 e. The number of carbonyl (C=O) groups is 1. The first-order valence-electron chi connectivity index (χ1n) is 5.60. The summed E-state index contributed by atoms with van der Waals surface area (Å²) < 4.78 is 0. The minimum atomic E-state index is -0.399. The fraction of sp³-hybridized carbons (Fsp3) is 0.308. The molecule has 0 aromatic heterocycles. The second-order valence-electron chi connectivity index (χ2n) is 4.39. The number of para-hydroxylation sites is 1. The lowest BCUT2D eigenvalue weighted by molar-refractivity contribution is -0.120. The van der Waals surface area contributed by atoms with Gasteiger partial charge in [0.2, 0.25) is 5.91 Å². The number of fused-ring (bicyclic) bond motifs is 2. The van der Waals surface area contributed by atoms with Crippen molar-refractivity contribution >= 4 is 24.0 Å². The van der Waals surface area contributed by atoms with Crippen LogP contribution in [0.3, 0.4) is 0 Å². The van der Waals surface area contributed by atoms with Crippen LogP contribution in [0.15, 0.2) is 36.4 Å². The number of hydrogen-bond donors (Lipinski definition) is 2. The number of benzene rings is 1. The van der Waals surface area contributed by atoms with E-state index < -0.39 is 5.41 Å². The van der Waals surface area contributed by atoms with Crippen molar-refractivity contribution < 1.29 is 4.79 Å². The first-order valence-corrected chi connectivity index (χ1v) is 5.60. The Morgan fingerprint density at radius 1 is 1.18 bits per heavy atom. The molecule has 1 aromatic rings. The van der Waals surface area contributed by atoms with Crippen molar-refractivity contribution in [3.05, 3.63) is 42.0 Å². The lowest BCUT2D eigenvalue weighted by atomic mass is 9.79. The number of allylic oxidation sites excluding steroid dienone is 1. The third kappa shape index (κ3) is 1.75. The zero-order valence-electron chi connectivity index (χ0n) is 9.40. The molecular formula is C13H15ClN2O. The number of rotatable bonds is 0. The molecule has 4 heteroatoms. The summed E-state index contributed by atoms with van der Waals surface area (Å²) in [5.41, 5.74) is 1.69. The lowest BCUT2D eigenvalue weighted by Gasteiger charge is -2.24. The van der Waals surface area contributed by atoms with Crippen LogP contribution in [0.25, 0.3) is 0 Å². The third-order valence-electron chi connectivity index (χ3n) is 3.45. The summed E-state index contributed by atoms with van der Waals surface area (Å²) in [6.45, 7) is 1.56. The highest BCUT2D eigenvalue weighted by molar-refractivity contribution is 6.06. The van der Waals surface area contributed by atoms with Gasteiger partial charge in [-0.25, -0.2) is 0 Å². The fourth-order valence-corrected chi connectivity index (χ4v) is 2.56. The number of anilines is 1. The van der Waals surface area contributed by atoms with Gasteiger partial charge in [0.25, 0.3) is 0 Å². The molecule has 3 rings (SSSR count). The monoisotopic (exact) mass is 250 g/mol. The molecule has 0 saturated heterocycles. The molecule has 0 bridgehead atoms. The van der Waals surface area contributed by atoms with Gasteiger partial charge in [-0.1, -0.05) is 30.4 Å². The Bertz CT molecular complexity index is 472. The molecule has 1 spiro atoms. The predicted octanol–water partition coefficient (Wildman–Crippen LogP) is 1.85. The fourth-order valence-electron chi connectivity index (χ4n) is 2.56. The SMILES string of the molecule is Cl.O=C1Nc2ccccc2C12CC=CCNC2. The maximum absolute atomic E-state index is 12.2. The number of amides is 1. The van der Waals surface area contributed by atoms with E-state index in [1.165, 1.54) is 0 Å². The Hall–Kier alpha value is -1.32. The smallest absolute Gasteiger partial charge is 0.236 e. The number of nitrogens with one attached hydrogen (secondary N) is 2. The predicted molar refractivity (Wildman–Crippen MR) is 70.6 cm³/mol. The second kappa shape index (κ2) is 4.51. The first kappa shape index (κ1) is 12.1. The highest BCUT2D eigenvalue weighted by atomic mass is 35.5. The summed E-state index contributed by atoms with van der Waals surface area (Å²) >= 11 is 0. The van der Waals surface area contributed by atoms with Gasteiger partial charge >= 0.3 is 0 Å². The first-order chi connectivity index (χ1) is 7.83. The van der Waals surface area contributed by atoms with Gasteiger partial charge < -0.3 is 10.6 Å². The third-order valence-corrected chi connectivity index (χ3v) is 3.45. The van der Waals surface area contributed by atoms with E-state index in [1.54, 1.807) is 0 Å². The molecule has 0 fully saturated rings. The molecule has 0 aliphatic carbocycles. The van der Waals surface area contributed by atoms with Gasteiger partial charge in [0.05, 0.1) is 5.41 Å². The lowest BCUT2D eigenvalue weighted by Crippen LogP contribution is -2.42. The van der Waals surface area contributed by atoms with E-state index in [9.17, 15) is 4.79 Å². The molecule has 1 atom stereocenters. The molecule has 90 valence electrons. The largest absolute Gasteiger partial charge is 0.325 e. The minimum absolute atomic E-state index is 0. The van der Waals surface area contributed by atoms with Crippen molar-refractivity contribution in [2.45, 2.75) is 11.8 Å². The highest BCUT2D eigenvalue weighted by Gasteiger charge is 2.45. The molecule has 1 amide bonds. The topological polar surface area (TPSA) is 41.1 Å². The van der Waals surface area contributed by atoms with Gasteiger partial charge in [0, 0.05) is 18.8 Å². The van der Waals surface area contributed by atoms with Crippen LogP contribution >= 0.6 is 12.4 Å². The molecule has 1 aromatic carbocycles. The Labute approximate surface area is 107 Å². The van der Waals surface area contributed by atoms with E-state index >= 15 is 0 Å². The number of halogens is 1. The van der Waals surface area contributed by atoms with Crippen LogP contribution in [0.2, 0.25) is 0 Å². The van der Waals surface area contributed by atoms with Crippen molar-refractivity contribution in [3.8, 4) is 0 Å². The summed E-state index contributed by atoms with van der Waals surface area (Å²) in [6, 6.07) is 7.97. The van der Waals surface area contributed by atoms with Gasteiger partial charge in [-0.05, 0) is 18.1 Å². The molecule has 0 saturated carbocycles. The second-order valence-corrected chi connectivity index (χ2v) is 4.39. The molecular weight excluding hydrogens is 236 g/mol. The van der Waals surface area contributed by atoms with Crippen LogP contribution in [0, 0.1) is 0 Å². The summed E-state index contributed by atoms with van der Waals surface area (Å²) in [5, 5.41) is 6.28. The zero-order valence-corrected chi connectivity index (χ0v) is 10.2. The summed E-state index contributed by atoms with van der Waals surface area (Å²) in [7, 11) is 0. The normalized spacial score (nSPS) is 26.0. The highest BCUT2D eigenvalue weighted by Crippen LogP contribution is 2.40. The van der Waals surface area contributed by atoms with Crippen LogP contribution in [-0.4, -0.2) is 19.0 Å². The summed E-state index contributed by atoms with van der Waals surface area (Å²) in [6.07, 6.45) is 4.97. The van der Waals surface area contributed by atoms with E-state index in [0.717, 1.165) is 24.2 Å². The molecule has 2 aliphatic heterocycles. The average Bonchev–Trinajstić information content (AvgIpc) is 2.49. The van der Waals surface area contributed by atoms with Crippen LogP contribution in [0.5, 0.6) is 0 Å². The summed E-state index contributed by atoms with van der Waals surface area (Å²) in [5.74, 6) is 0.118. The van der Waals surface area contributed by atoms with Crippen LogP contribution in [-0.2, 0) is 10.2 Å². The summed E-state index contributed by atoms with van der Waals surface area (Å²) in [4.78, 5) is 12.2.